The second-order valence-electron chi connectivity index (χ2n) is 4.97. The van der Waals surface area contributed by atoms with Crippen molar-refractivity contribution in [3.63, 3.8) is 0 Å². The van der Waals surface area contributed by atoms with E-state index in [1.54, 1.807) is 18.3 Å². The number of hydrogen-bond acceptors (Lipinski definition) is 4. The molecule has 5 nitrogen and oxygen atoms in total. The van der Waals surface area contributed by atoms with Gasteiger partial charge in [0.05, 0.1) is 17.5 Å². The minimum atomic E-state index is -0.851. The lowest BCUT2D eigenvalue weighted by Crippen LogP contribution is -2.35. The maximum atomic E-state index is 10.9. The third kappa shape index (κ3) is 3.83. The molecule has 1 N–H and O–H groups in total. The summed E-state index contributed by atoms with van der Waals surface area (Å²) in [5, 5.41) is 10.4. The zero-order valence-electron chi connectivity index (χ0n) is 11.9. The number of pyridine rings is 1. The highest BCUT2D eigenvalue weighted by atomic mass is 35.5. The van der Waals surface area contributed by atoms with Crippen LogP contribution < -0.4 is 4.74 Å². The number of halogens is 1. The molecule has 0 aliphatic carbocycles. The van der Waals surface area contributed by atoms with E-state index in [-0.39, 0.29) is 19.1 Å². The van der Waals surface area contributed by atoms with Crippen molar-refractivity contribution >= 4 is 28.5 Å². The quantitative estimate of drug-likeness (QED) is 0.889. The predicted molar refractivity (Wildman–Crippen MR) is 82.0 cm³/mol. The Morgan fingerprint density at radius 2 is 2.19 bits per heavy atom. The second kappa shape index (κ2) is 6.74. The summed E-state index contributed by atoms with van der Waals surface area (Å²) < 4.78 is 5.77. The summed E-state index contributed by atoms with van der Waals surface area (Å²) in [7, 11) is 3.66. The normalized spacial score (nSPS) is 12.6. The number of hydrogen-bond donors (Lipinski definition) is 1. The smallest absolute Gasteiger partial charge is 0.305 e. The lowest BCUT2D eigenvalue weighted by molar-refractivity contribution is -0.138. The van der Waals surface area contributed by atoms with Crippen molar-refractivity contribution < 1.29 is 14.6 Å². The van der Waals surface area contributed by atoms with Gasteiger partial charge < -0.3 is 14.7 Å². The number of carbonyl (C=O) groups is 1. The molecule has 1 unspecified atom stereocenters. The molecule has 1 aromatic carbocycles. The maximum absolute atomic E-state index is 10.9. The van der Waals surface area contributed by atoms with Crippen molar-refractivity contribution in [2.24, 2.45) is 0 Å². The van der Waals surface area contributed by atoms with Gasteiger partial charge in [0.2, 0.25) is 0 Å². The van der Waals surface area contributed by atoms with E-state index in [4.69, 9.17) is 21.4 Å². The summed E-state index contributed by atoms with van der Waals surface area (Å²) in [6.45, 7) is 0.270. The standard InChI is InChI=1S/C15H17ClN2O3/c1-18(2)10(8-14(19)20)9-21-13-6-5-12(16)11-4-3-7-17-15(11)13/h3-7,10H,8-9H2,1-2H3,(H,19,20). The molecule has 1 atom stereocenters. The molecule has 0 saturated carbocycles. The average Bonchev–Trinajstić information content (AvgIpc) is 2.45. The Morgan fingerprint density at radius 1 is 1.43 bits per heavy atom. The highest BCUT2D eigenvalue weighted by molar-refractivity contribution is 6.35. The van der Waals surface area contributed by atoms with E-state index < -0.39 is 5.97 Å². The van der Waals surface area contributed by atoms with Gasteiger partial charge in [-0.2, -0.15) is 0 Å². The Bertz CT molecular complexity index is 646. The molecule has 1 aromatic heterocycles. The van der Waals surface area contributed by atoms with Crippen LogP contribution in [0.25, 0.3) is 10.9 Å². The summed E-state index contributed by atoms with van der Waals surface area (Å²) in [4.78, 5) is 17.0. The third-order valence-corrected chi connectivity index (χ3v) is 3.58. The fraction of sp³-hybridized carbons (Fsp3) is 0.333. The molecule has 112 valence electrons. The monoisotopic (exact) mass is 308 g/mol. The van der Waals surface area contributed by atoms with Gasteiger partial charge in [0, 0.05) is 11.6 Å². The van der Waals surface area contributed by atoms with Crippen molar-refractivity contribution in [3.8, 4) is 5.75 Å². The molecule has 1 heterocycles. The molecule has 0 bridgehead atoms. The predicted octanol–water partition coefficient (Wildman–Crippen LogP) is 2.67. The minimum absolute atomic E-state index is 0.0198. The van der Waals surface area contributed by atoms with E-state index in [0.29, 0.717) is 16.3 Å². The van der Waals surface area contributed by atoms with Crippen LogP contribution in [0.15, 0.2) is 30.5 Å². The van der Waals surface area contributed by atoms with Crippen LogP contribution in [0.5, 0.6) is 5.75 Å². The number of ether oxygens (including phenoxy) is 1. The van der Waals surface area contributed by atoms with Gasteiger partial charge in [-0.05, 0) is 38.4 Å². The van der Waals surface area contributed by atoms with Gasteiger partial charge in [-0.15, -0.1) is 0 Å². The number of likely N-dealkylation sites (N-methyl/N-ethyl adjacent to an activating group) is 1. The molecule has 0 fully saturated rings. The topological polar surface area (TPSA) is 62.7 Å². The molecular formula is C15H17ClN2O3. The number of carboxylic acids is 1. The average molecular weight is 309 g/mol. The van der Waals surface area contributed by atoms with Gasteiger partial charge in [-0.25, -0.2) is 0 Å². The number of rotatable bonds is 6. The van der Waals surface area contributed by atoms with E-state index in [0.717, 1.165) is 5.39 Å². The molecule has 0 aliphatic heterocycles. The van der Waals surface area contributed by atoms with Crippen LogP contribution in [0.2, 0.25) is 5.02 Å². The van der Waals surface area contributed by atoms with Crippen LogP contribution in [-0.4, -0.2) is 47.7 Å². The minimum Gasteiger partial charge on any atom is -0.490 e. The molecule has 6 heteroatoms. The Balaban J connectivity index is 2.20. The van der Waals surface area contributed by atoms with Gasteiger partial charge in [0.1, 0.15) is 17.9 Å². The molecule has 0 amide bonds. The Kier molecular flexibility index (Phi) is 4.98. The number of benzene rings is 1. The Labute approximate surface area is 128 Å². The van der Waals surface area contributed by atoms with Crippen molar-refractivity contribution in [3.05, 3.63) is 35.5 Å². The summed E-state index contributed by atoms with van der Waals surface area (Å²) in [6, 6.07) is 6.98. The van der Waals surface area contributed by atoms with Crippen molar-refractivity contribution in [2.75, 3.05) is 20.7 Å². The van der Waals surface area contributed by atoms with Crippen molar-refractivity contribution in [2.45, 2.75) is 12.5 Å². The van der Waals surface area contributed by atoms with Crippen LogP contribution >= 0.6 is 11.6 Å². The molecule has 21 heavy (non-hydrogen) atoms. The van der Waals surface area contributed by atoms with Gasteiger partial charge in [0.25, 0.3) is 0 Å². The molecule has 0 aliphatic rings. The van der Waals surface area contributed by atoms with E-state index in [1.807, 2.05) is 31.1 Å². The highest BCUT2D eigenvalue weighted by Crippen LogP contribution is 2.29. The highest BCUT2D eigenvalue weighted by Gasteiger charge is 2.17. The number of aliphatic carboxylic acids is 1. The van der Waals surface area contributed by atoms with Crippen LogP contribution in [0.3, 0.4) is 0 Å². The molecular weight excluding hydrogens is 292 g/mol. The second-order valence-corrected chi connectivity index (χ2v) is 5.38. The van der Waals surface area contributed by atoms with Crippen LogP contribution in [0.4, 0.5) is 0 Å². The van der Waals surface area contributed by atoms with Gasteiger partial charge in [0.15, 0.2) is 0 Å². The maximum Gasteiger partial charge on any atom is 0.305 e. The van der Waals surface area contributed by atoms with E-state index in [1.165, 1.54) is 0 Å². The Morgan fingerprint density at radius 3 is 2.86 bits per heavy atom. The van der Waals surface area contributed by atoms with Gasteiger partial charge in [-0.1, -0.05) is 11.6 Å². The molecule has 0 saturated heterocycles. The van der Waals surface area contributed by atoms with E-state index in [9.17, 15) is 4.79 Å². The first-order valence-electron chi connectivity index (χ1n) is 6.53. The van der Waals surface area contributed by atoms with Crippen LogP contribution in [-0.2, 0) is 4.79 Å². The zero-order chi connectivity index (χ0) is 15.4. The third-order valence-electron chi connectivity index (χ3n) is 3.25. The largest absolute Gasteiger partial charge is 0.490 e. The lowest BCUT2D eigenvalue weighted by atomic mass is 10.2. The molecule has 2 rings (SSSR count). The summed E-state index contributed by atoms with van der Waals surface area (Å²) >= 11 is 6.13. The summed E-state index contributed by atoms with van der Waals surface area (Å²) in [5.41, 5.74) is 0.679. The van der Waals surface area contributed by atoms with Crippen molar-refractivity contribution in [1.82, 2.24) is 9.88 Å². The molecule has 0 spiro atoms. The lowest BCUT2D eigenvalue weighted by Gasteiger charge is -2.23. The first-order valence-corrected chi connectivity index (χ1v) is 6.91. The number of aromatic nitrogens is 1. The number of nitrogens with zero attached hydrogens (tertiary/aromatic N) is 2. The van der Waals surface area contributed by atoms with Gasteiger partial charge in [-0.3, -0.25) is 9.78 Å². The number of carboxylic acid groups (broad SMARTS) is 1. The summed E-state index contributed by atoms with van der Waals surface area (Å²) in [5.74, 6) is -0.247. The van der Waals surface area contributed by atoms with Crippen LogP contribution in [0.1, 0.15) is 6.42 Å². The van der Waals surface area contributed by atoms with E-state index in [2.05, 4.69) is 4.98 Å². The first-order chi connectivity index (χ1) is 9.99. The molecule has 2 aromatic rings. The van der Waals surface area contributed by atoms with Gasteiger partial charge >= 0.3 is 5.97 Å². The Hall–Kier alpha value is -1.85. The first kappa shape index (κ1) is 15.5. The van der Waals surface area contributed by atoms with Crippen LogP contribution in [0, 0.1) is 0 Å². The number of fused-ring (bicyclic) bond motifs is 1. The SMILES string of the molecule is CN(C)C(COc1ccc(Cl)c2cccnc12)CC(=O)O. The summed E-state index contributed by atoms with van der Waals surface area (Å²) in [6.07, 6.45) is 1.69. The fourth-order valence-corrected chi connectivity index (χ4v) is 2.22. The van der Waals surface area contributed by atoms with Crippen molar-refractivity contribution in [1.29, 1.82) is 0 Å². The fourth-order valence-electron chi connectivity index (χ4n) is 2.01. The zero-order valence-corrected chi connectivity index (χ0v) is 12.7. The van der Waals surface area contributed by atoms with E-state index >= 15 is 0 Å². The molecule has 0 radical (unpaired) electrons.